The molecule has 0 radical (unpaired) electrons. The van der Waals surface area contributed by atoms with Crippen molar-refractivity contribution in [3.8, 4) is 5.69 Å². The molecule has 0 spiro atoms. The van der Waals surface area contributed by atoms with E-state index in [1.54, 1.807) is 17.1 Å². The van der Waals surface area contributed by atoms with Crippen LogP contribution in [-0.4, -0.2) is 29.5 Å². The first-order chi connectivity index (χ1) is 12.1. The smallest absolute Gasteiger partial charge is 0.283 e. The van der Waals surface area contributed by atoms with Gasteiger partial charge < -0.3 is 0 Å². The summed E-state index contributed by atoms with van der Waals surface area (Å²) >= 11 is 0. The van der Waals surface area contributed by atoms with Crippen LogP contribution in [0.1, 0.15) is 16.7 Å². The lowest BCUT2D eigenvalue weighted by Gasteiger charge is -2.06. The number of benzene rings is 1. The Kier molecular flexibility index (Phi) is 3.61. The van der Waals surface area contributed by atoms with E-state index < -0.39 is 0 Å². The molecule has 124 valence electrons. The van der Waals surface area contributed by atoms with E-state index in [-0.39, 0.29) is 11.1 Å². The average Bonchev–Trinajstić information content (AvgIpc) is 3.05. The third kappa shape index (κ3) is 2.69. The third-order valence-corrected chi connectivity index (χ3v) is 4.24. The van der Waals surface area contributed by atoms with E-state index in [4.69, 9.17) is 0 Å². The second-order valence-corrected chi connectivity index (χ2v) is 5.98. The van der Waals surface area contributed by atoms with Gasteiger partial charge in [0.15, 0.2) is 11.2 Å². The summed E-state index contributed by atoms with van der Waals surface area (Å²) in [7, 11) is 0. The van der Waals surface area contributed by atoms with Crippen molar-refractivity contribution >= 4 is 11.2 Å². The Hall–Kier alpha value is -3.35. The van der Waals surface area contributed by atoms with E-state index in [9.17, 15) is 4.79 Å². The third-order valence-electron chi connectivity index (χ3n) is 4.24. The van der Waals surface area contributed by atoms with E-state index >= 15 is 0 Å². The van der Waals surface area contributed by atoms with Gasteiger partial charge in [0, 0.05) is 12.4 Å². The zero-order chi connectivity index (χ0) is 17.4. The highest BCUT2D eigenvalue weighted by molar-refractivity contribution is 5.70. The molecule has 3 aromatic heterocycles. The molecular weight excluding hydrogens is 316 g/mol. The van der Waals surface area contributed by atoms with Crippen LogP contribution in [-0.2, 0) is 6.54 Å². The lowest BCUT2D eigenvalue weighted by molar-refractivity contribution is 0.742. The van der Waals surface area contributed by atoms with Crippen molar-refractivity contribution in [3.05, 3.63) is 76.1 Å². The number of aryl methyl sites for hydroxylation is 2. The van der Waals surface area contributed by atoms with Crippen LogP contribution >= 0.6 is 0 Å². The monoisotopic (exact) mass is 332 g/mol. The van der Waals surface area contributed by atoms with E-state index in [2.05, 4.69) is 20.3 Å². The lowest BCUT2D eigenvalue weighted by atomic mass is 10.1. The molecule has 0 fully saturated rings. The summed E-state index contributed by atoms with van der Waals surface area (Å²) in [6, 6.07) is 9.71. The van der Waals surface area contributed by atoms with Gasteiger partial charge in [0.05, 0.1) is 12.2 Å². The van der Waals surface area contributed by atoms with Gasteiger partial charge in [-0.05, 0) is 48.7 Å². The number of aromatic nitrogens is 6. The molecule has 7 heteroatoms. The molecule has 3 heterocycles. The van der Waals surface area contributed by atoms with Crippen LogP contribution in [0.2, 0.25) is 0 Å². The van der Waals surface area contributed by atoms with Crippen molar-refractivity contribution in [3.63, 3.8) is 0 Å². The van der Waals surface area contributed by atoms with Crippen molar-refractivity contribution < 1.29 is 0 Å². The minimum Gasteiger partial charge on any atom is -0.293 e. The maximum atomic E-state index is 12.7. The summed E-state index contributed by atoms with van der Waals surface area (Å²) in [6.07, 6.45) is 4.95. The van der Waals surface area contributed by atoms with E-state index in [0.717, 1.165) is 16.8 Å². The second-order valence-electron chi connectivity index (χ2n) is 5.98. The van der Waals surface area contributed by atoms with Gasteiger partial charge in [-0.15, -0.1) is 5.10 Å². The molecule has 0 amide bonds. The zero-order valence-corrected chi connectivity index (χ0v) is 13.9. The zero-order valence-electron chi connectivity index (χ0n) is 13.9. The summed E-state index contributed by atoms with van der Waals surface area (Å²) in [6.45, 7) is 4.48. The summed E-state index contributed by atoms with van der Waals surface area (Å²) in [4.78, 5) is 21.2. The number of rotatable bonds is 3. The van der Waals surface area contributed by atoms with Gasteiger partial charge in [0.2, 0.25) is 0 Å². The van der Waals surface area contributed by atoms with E-state index in [1.165, 1.54) is 16.5 Å². The molecule has 0 saturated carbocycles. The first-order valence-electron chi connectivity index (χ1n) is 7.91. The summed E-state index contributed by atoms with van der Waals surface area (Å²) < 4.78 is 3.11. The summed E-state index contributed by atoms with van der Waals surface area (Å²) in [5, 5.41) is 8.17. The standard InChI is InChI=1S/C18H16N6O/c1-12-5-6-15(8-13(12)2)24-17-16(21-22-24)18(25)23(11-20-17)10-14-4-3-7-19-9-14/h3-9,11H,10H2,1-2H3. The van der Waals surface area contributed by atoms with Crippen molar-refractivity contribution in [2.45, 2.75) is 20.4 Å². The predicted molar refractivity (Wildman–Crippen MR) is 93.7 cm³/mol. The first kappa shape index (κ1) is 15.2. The van der Waals surface area contributed by atoms with E-state index in [0.29, 0.717) is 12.2 Å². The van der Waals surface area contributed by atoms with Gasteiger partial charge in [-0.25, -0.2) is 4.98 Å². The summed E-state index contributed by atoms with van der Waals surface area (Å²) in [5.41, 5.74) is 4.59. The molecule has 0 aliphatic carbocycles. The molecule has 0 unspecified atom stereocenters. The summed E-state index contributed by atoms with van der Waals surface area (Å²) in [5.74, 6) is 0. The number of nitrogens with zero attached hydrogens (tertiary/aromatic N) is 6. The van der Waals surface area contributed by atoms with Crippen molar-refractivity contribution in [2.24, 2.45) is 0 Å². The topological polar surface area (TPSA) is 78.5 Å². The number of fused-ring (bicyclic) bond motifs is 1. The largest absolute Gasteiger partial charge is 0.293 e. The minimum absolute atomic E-state index is 0.219. The Morgan fingerprint density at radius 3 is 2.76 bits per heavy atom. The molecular formula is C18H16N6O. The molecule has 4 rings (SSSR count). The predicted octanol–water partition coefficient (Wildman–Crippen LogP) is 2.04. The van der Waals surface area contributed by atoms with Crippen LogP contribution < -0.4 is 5.56 Å². The molecule has 4 aromatic rings. The Morgan fingerprint density at radius 1 is 1.12 bits per heavy atom. The minimum atomic E-state index is -0.219. The van der Waals surface area contributed by atoms with Crippen molar-refractivity contribution in [2.75, 3.05) is 0 Å². The van der Waals surface area contributed by atoms with Gasteiger partial charge in [-0.1, -0.05) is 17.3 Å². The fraction of sp³-hybridized carbons (Fsp3) is 0.167. The van der Waals surface area contributed by atoms with Crippen LogP contribution in [0.3, 0.4) is 0 Å². The number of hydrogen-bond donors (Lipinski definition) is 0. The highest BCUT2D eigenvalue weighted by Gasteiger charge is 2.13. The molecule has 0 N–H and O–H groups in total. The number of pyridine rings is 1. The fourth-order valence-electron chi connectivity index (χ4n) is 2.68. The highest BCUT2D eigenvalue weighted by Crippen LogP contribution is 2.16. The highest BCUT2D eigenvalue weighted by atomic mass is 16.1. The Labute approximate surface area is 143 Å². The maximum absolute atomic E-state index is 12.7. The van der Waals surface area contributed by atoms with Gasteiger partial charge in [-0.2, -0.15) is 4.68 Å². The van der Waals surface area contributed by atoms with Crippen LogP contribution in [0.25, 0.3) is 16.9 Å². The molecule has 1 aromatic carbocycles. The molecule has 0 atom stereocenters. The van der Waals surface area contributed by atoms with Crippen molar-refractivity contribution in [1.29, 1.82) is 0 Å². The Balaban J connectivity index is 1.79. The molecule has 0 bridgehead atoms. The van der Waals surface area contributed by atoms with Crippen LogP contribution in [0, 0.1) is 13.8 Å². The normalized spacial score (nSPS) is 11.1. The van der Waals surface area contributed by atoms with Crippen LogP contribution in [0.4, 0.5) is 0 Å². The van der Waals surface area contributed by atoms with Gasteiger partial charge in [-0.3, -0.25) is 14.3 Å². The molecule has 25 heavy (non-hydrogen) atoms. The average molecular weight is 332 g/mol. The quantitative estimate of drug-likeness (QED) is 0.574. The molecule has 0 saturated heterocycles. The fourth-order valence-corrected chi connectivity index (χ4v) is 2.68. The molecule has 0 aliphatic rings. The SMILES string of the molecule is Cc1ccc(-n2nnc3c(=O)n(Cc4cccnc4)cnc32)cc1C. The molecule has 7 nitrogen and oxygen atoms in total. The Bertz CT molecular complexity index is 1110. The Morgan fingerprint density at radius 2 is 2.00 bits per heavy atom. The van der Waals surface area contributed by atoms with E-state index in [1.807, 2.05) is 44.2 Å². The van der Waals surface area contributed by atoms with Crippen LogP contribution in [0.5, 0.6) is 0 Å². The van der Waals surface area contributed by atoms with Gasteiger partial charge >= 0.3 is 0 Å². The lowest BCUT2D eigenvalue weighted by Crippen LogP contribution is -2.21. The molecule has 0 aliphatic heterocycles. The maximum Gasteiger partial charge on any atom is 0.283 e. The number of hydrogen-bond acceptors (Lipinski definition) is 5. The second kappa shape index (κ2) is 5.94. The van der Waals surface area contributed by atoms with Crippen molar-refractivity contribution in [1.82, 2.24) is 29.5 Å². The van der Waals surface area contributed by atoms with Gasteiger partial charge in [0.1, 0.15) is 6.33 Å². The van der Waals surface area contributed by atoms with Crippen LogP contribution in [0.15, 0.2) is 53.8 Å². The van der Waals surface area contributed by atoms with Gasteiger partial charge in [0.25, 0.3) is 5.56 Å². The first-order valence-corrected chi connectivity index (χ1v) is 7.91.